The Morgan fingerprint density at radius 2 is 2.24 bits per heavy atom. The highest BCUT2D eigenvalue weighted by Crippen LogP contribution is 2.11. The number of hydrogen-bond acceptors (Lipinski definition) is 3. The largest absolute Gasteiger partial charge is 0.389 e. The number of carbonyl (C=O) groups excluding carboxylic acids is 1. The Morgan fingerprint density at radius 1 is 1.65 bits per heavy atom. The predicted molar refractivity (Wildman–Crippen MR) is 63.4 cm³/mol. The molecular formula is C12H17N3O2. The molecule has 1 N–H and O–H groups in total. The molecule has 0 aromatic carbocycles. The van der Waals surface area contributed by atoms with Crippen molar-refractivity contribution >= 4 is 5.91 Å². The molecule has 0 bridgehead atoms. The van der Waals surface area contributed by atoms with Gasteiger partial charge < -0.3 is 14.6 Å². The lowest BCUT2D eigenvalue weighted by Gasteiger charge is -2.25. The van der Waals surface area contributed by atoms with Crippen LogP contribution in [0.4, 0.5) is 0 Å². The summed E-state index contributed by atoms with van der Waals surface area (Å²) in [5, 5.41) is 18.4. The molecule has 0 spiro atoms. The second kappa shape index (κ2) is 4.60. The van der Waals surface area contributed by atoms with Gasteiger partial charge in [0.1, 0.15) is 11.8 Å². The van der Waals surface area contributed by atoms with E-state index in [-0.39, 0.29) is 12.5 Å². The van der Waals surface area contributed by atoms with Crippen LogP contribution < -0.4 is 0 Å². The van der Waals surface area contributed by atoms with E-state index in [4.69, 9.17) is 5.26 Å². The van der Waals surface area contributed by atoms with Crippen molar-refractivity contribution in [1.82, 2.24) is 9.47 Å². The topological polar surface area (TPSA) is 69.3 Å². The summed E-state index contributed by atoms with van der Waals surface area (Å²) >= 11 is 0. The minimum atomic E-state index is -0.937. The number of hydrogen-bond donors (Lipinski definition) is 1. The molecule has 1 heterocycles. The number of likely N-dealkylation sites (N-methyl/N-ethyl adjacent to an activating group) is 1. The van der Waals surface area contributed by atoms with E-state index in [0.29, 0.717) is 11.3 Å². The fraction of sp³-hybridized carbons (Fsp3) is 0.500. The lowest BCUT2D eigenvalue weighted by molar-refractivity contribution is 0.0363. The van der Waals surface area contributed by atoms with Crippen LogP contribution in [-0.4, -0.2) is 39.7 Å². The average molecular weight is 235 g/mol. The number of aliphatic hydroxyl groups is 1. The smallest absolute Gasteiger partial charge is 0.270 e. The number of aromatic nitrogens is 1. The molecule has 1 aromatic heterocycles. The quantitative estimate of drug-likeness (QED) is 0.840. The average Bonchev–Trinajstić information content (AvgIpc) is 2.56. The van der Waals surface area contributed by atoms with Gasteiger partial charge in [-0.25, -0.2) is 0 Å². The Hall–Kier alpha value is -1.80. The van der Waals surface area contributed by atoms with Gasteiger partial charge in [-0.05, 0) is 19.9 Å². The minimum absolute atomic E-state index is 0.212. The van der Waals surface area contributed by atoms with Gasteiger partial charge in [-0.2, -0.15) is 5.26 Å². The number of carbonyl (C=O) groups is 1. The molecule has 0 aliphatic rings. The van der Waals surface area contributed by atoms with Crippen LogP contribution in [0.5, 0.6) is 0 Å². The molecular weight excluding hydrogens is 218 g/mol. The van der Waals surface area contributed by atoms with Crippen LogP contribution >= 0.6 is 0 Å². The summed E-state index contributed by atoms with van der Waals surface area (Å²) in [7, 11) is 3.34. The van der Waals surface area contributed by atoms with Gasteiger partial charge in [0, 0.05) is 26.8 Å². The van der Waals surface area contributed by atoms with E-state index >= 15 is 0 Å². The fourth-order valence-corrected chi connectivity index (χ4v) is 1.69. The zero-order chi connectivity index (χ0) is 13.2. The van der Waals surface area contributed by atoms with Gasteiger partial charge in [0.25, 0.3) is 5.91 Å². The maximum Gasteiger partial charge on any atom is 0.270 e. The number of aryl methyl sites for hydroxylation is 1. The van der Waals surface area contributed by atoms with Crippen molar-refractivity contribution in [2.75, 3.05) is 13.6 Å². The molecule has 0 radical (unpaired) electrons. The first-order valence-corrected chi connectivity index (χ1v) is 5.29. The molecule has 0 saturated carbocycles. The van der Waals surface area contributed by atoms with Gasteiger partial charge in [0.15, 0.2) is 0 Å². The summed E-state index contributed by atoms with van der Waals surface area (Å²) in [6, 6.07) is 3.53. The van der Waals surface area contributed by atoms with Crippen LogP contribution in [0.1, 0.15) is 29.9 Å². The molecule has 0 fully saturated rings. The van der Waals surface area contributed by atoms with Crippen molar-refractivity contribution in [3.05, 3.63) is 23.5 Å². The summed E-state index contributed by atoms with van der Waals surface area (Å²) in [4.78, 5) is 13.5. The third-order valence-corrected chi connectivity index (χ3v) is 2.32. The highest BCUT2D eigenvalue weighted by atomic mass is 16.3. The second-order valence-corrected chi connectivity index (χ2v) is 4.81. The first-order valence-electron chi connectivity index (χ1n) is 5.29. The van der Waals surface area contributed by atoms with E-state index in [0.717, 1.165) is 0 Å². The zero-order valence-electron chi connectivity index (χ0n) is 10.6. The van der Waals surface area contributed by atoms with Crippen LogP contribution in [0, 0.1) is 11.3 Å². The summed E-state index contributed by atoms with van der Waals surface area (Å²) in [6.45, 7) is 3.52. The van der Waals surface area contributed by atoms with E-state index < -0.39 is 5.60 Å². The van der Waals surface area contributed by atoms with E-state index in [1.54, 1.807) is 44.8 Å². The Morgan fingerprint density at radius 3 is 2.65 bits per heavy atom. The van der Waals surface area contributed by atoms with Gasteiger partial charge in [-0.15, -0.1) is 0 Å². The van der Waals surface area contributed by atoms with Gasteiger partial charge in [0.05, 0.1) is 11.2 Å². The van der Waals surface area contributed by atoms with Crippen LogP contribution in [0.2, 0.25) is 0 Å². The van der Waals surface area contributed by atoms with E-state index in [9.17, 15) is 9.90 Å². The molecule has 0 atom stereocenters. The molecule has 1 aromatic rings. The fourth-order valence-electron chi connectivity index (χ4n) is 1.69. The van der Waals surface area contributed by atoms with Crippen molar-refractivity contribution in [2.45, 2.75) is 19.4 Å². The second-order valence-electron chi connectivity index (χ2n) is 4.81. The van der Waals surface area contributed by atoms with Crippen molar-refractivity contribution in [3.63, 3.8) is 0 Å². The monoisotopic (exact) mass is 235 g/mol. The first kappa shape index (κ1) is 13.3. The normalized spacial score (nSPS) is 11.1. The van der Waals surface area contributed by atoms with E-state index in [1.165, 1.54) is 4.90 Å². The van der Waals surface area contributed by atoms with Gasteiger partial charge in [-0.3, -0.25) is 4.79 Å². The van der Waals surface area contributed by atoms with Gasteiger partial charge in [-0.1, -0.05) is 0 Å². The molecule has 0 unspecified atom stereocenters. The number of amides is 1. The highest BCUT2D eigenvalue weighted by molar-refractivity contribution is 5.93. The molecule has 17 heavy (non-hydrogen) atoms. The minimum Gasteiger partial charge on any atom is -0.389 e. The van der Waals surface area contributed by atoms with Crippen LogP contribution in [-0.2, 0) is 7.05 Å². The SMILES string of the molecule is CN(CC(C)(C)O)C(=O)c1cc(C#N)cn1C. The third kappa shape index (κ3) is 3.33. The number of nitriles is 1. The molecule has 5 nitrogen and oxygen atoms in total. The Labute approximate surface area is 101 Å². The van der Waals surface area contributed by atoms with Gasteiger partial charge in [0.2, 0.25) is 0 Å². The molecule has 92 valence electrons. The zero-order valence-corrected chi connectivity index (χ0v) is 10.6. The van der Waals surface area contributed by atoms with E-state index in [2.05, 4.69) is 0 Å². The predicted octanol–water partition coefficient (Wildman–Crippen LogP) is 0.740. The molecule has 0 aliphatic carbocycles. The maximum absolute atomic E-state index is 12.1. The van der Waals surface area contributed by atoms with Crippen molar-refractivity contribution in [2.24, 2.45) is 7.05 Å². The first-order chi connectivity index (χ1) is 7.74. The standard InChI is InChI=1S/C12H17N3O2/c1-12(2,17)8-15(4)11(16)10-5-9(6-13)7-14(10)3/h5,7,17H,8H2,1-4H3. The van der Waals surface area contributed by atoms with Crippen LogP contribution in [0.25, 0.3) is 0 Å². The van der Waals surface area contributed by atoms with Crippen molar-refractivity contribution in [1.29, 1.82) is 5.26 Å². The highest BCUT2D eigenvalue weighted by Gasteiger charge is 2.22. The van der Waals surface area contributed by atoms with Gasteiger partial charge >= 0.3 is 0 Å². The summed E-state index contributed by atoms with van der Waals surface area (Å²) < 4.78 is 1.61. The Bertz CT molecular complexity index is 463. The van der Waals surface area contributed by atoms with Crippen LogP contribution in [0.15, 0.2) is 12.3 Å². The number of rotatable bonds is 3. The van der Waals surface area contributed by atoms with Crippen molar-refractivity contribution < 1.29 is 9.90 Å². The summed E-state index contributed by atoms with van der Waals surface area (Å²) in [5.74, 6) is -0.212. The maximum atomic E-state index is 12.1. The molecule has 1 amide bonds. The van der Waals surface area contributed by atoms with Crippen LogP contribution in [0.3, 0.4) is 0 Å². The molecule has 1 rings (SSSR count). The van der Waals surface area contributed by atoms with Crippen molar-refractivity contribution in [3.8, 4) is 6.07 Å². The Kier molecular flexibility index (Phi) is 3.59. The van der Waals surface area contributed by atoms with E-state index in [1.807, 2.05) is 6.07 Å². The summed E-state index contributed by atoms with van der Waals surface area (Å²) in [5.41, 5.74) is -0.0472. The third-order valence-electron chi connectivity index (χ3n) is 2.32. The lowest BCUT2D eigenvalue weighted by Crippen LogP contribution is -2.40. The lowest BCUT2D eigenvalue weighted by atomic mass is 10.1. The molecule has 0 aliphatic heterocycles. The number of nitrogens with zero attached hydrogens (tertiary/aromatic N) is 3. The molecule has 5 heteroatoms. The summed E-state index contributed by atoms with van der Waals surface area (Å²) in [6.07, 6.45) is 1.60. The Balaban J connectivity index is 2.90. The molecule has 0 saturated heterocycles.